The van der Waals surface area contributed by atoms with Crippen LogP contribution in [0.25, 0.3) is 17.4 Å². The summed E-state index contributed by atoms with van der Waals surface area (Å²) >= 11 is 7.04. The maximum Gasteiger partial charge on any atom is 0.322 e. The lowest BCUT2D eigenvalue weighted by atomic mass is 9.94. The number of nitrogens with zero attached hydrogens (tertiary/aromatic N) is 1. The second-order valence-corrected chi connectivity index (χ2v) is 13.6. The highest BCUT2D eigenvalue weighted by Crippen LogP contribution is 2.49. The van der Waals surface area contributed by atoms with E-state index in [0.29, 0.717) is 69.3 Å². The normalized spacial score (nSPS) is 23.3. The van der Waals surface area contributed by atoms with Crippen molar-refractivity contribution < 1.29 is 28.2 Å². The van der Waals surface area contributed by atoms with Crippen LogP contribution in [-0.4, -0.2) is 54.0 Å². The summed E-state index contributed by atoms with van der Waals surface area (Å²) in [5, 5.41) is 0. The molecule has 10 heteroatoms. The monoisotopic (exact) mass is 612 g/mol. The molecule has 0 spiro atoms. The van der Waals surface area contributed by atoms with E-state index >= 15 is 0 Å². The molecule has 1 aromatic carbocycles. The molecule has 42 heavy (non-hydrogen) atoms. The third-order valence-corrected chi connectivity index (χ3v) is 9.79. The van der Waals surface area contributed by atoms with E-state index in [1.807, 2.05) is 43.0 Å². The van der Waals surface area contributed by atoms with Gasteiger partial charge in [-0.3, -0.25) is 14.5 Å². The van der Waals surface area contributed by atoms with Gasteiger partial charge in [-0.05, 0) is 80.0 Å². The first-order valence-corrected chi connectivity index (χ1v) is 15.9. The summed E-state index contributed by atoms with van der Waals surface area (Å²) in [6, 6.07) is 7.09. The Kier molecular flexibility index (Phi) is 9.64. The van der Waals surface area contributed by atoms with Crippen molar-refractivity contribution in [3.8, 4) is 22.8 Å². The van der Waals surface area contributed by atoms with Gasteiger partial charge < -0.3 is 24.4 Å². The molecule has 8 nitrogen and oxygen atoms in total. The van der Waals surface area contributed by atoms with Crippen molar-refractivity contribution in [3.63, 3.8) is 0 Å². The second-order valence-electron chi connectivity index (χ2n) is 11.9. The molecule has 1 aliphatic heterocycles. The van der Waals surface area contributed by atoms with Crippen molar-refractivity contribution >= 4 is 46.3 Å². The summed E-state index contributed by atoms with van der Waals surface area (Å²) in [5.41, 5.74) is 7.66. The second kappa shape index (κ2) is 13.2. The van der Waals surface area contributed by atoms with Crippen LogP contribution in [0.2, 0.25) is 0 Å². The fourth-order valence-electron chi connectivity index (χ4n) is 6.41. The molecule has 4 atom stereocenters. The summed E-state index contributed by atoms with van der Waals surface area (Å²) in [6.45, 7) is 4.28. The van der Waals surface area contributed by atoms with Gasteiger partial charge in [-0.25, -0.2) is 0 Å². The highest BCUT2D eigenvalue weighted by atomic mass is 32.2. The van der Waals surface area contributed by atoms with Gasteiger partial charge in [0.05, 0.1) is 25.7 Å². The molecule has 3 aliphatic rings. The summed E-state index contributed by atoms with van der Waals surface area (Å²) in [6.07, 6.45) is 8.22. The van der Waals surface area contributed by atoms with E-state index in [1.54, 1.807) is 20.3 Å². The Bertz CT molecular complexity index is 1350. The van der Waals surface area contributed by atoms with Crippen LogP contribution in [0.5, 0.6) is 11.5 Å². The molecule has 2 bridgehead atoms. The van der Waals surface area contributed by atoms with Crippen LogP contribution >= 0.6 is 24.0 Å². The van der Waals surface area contributed by atoms with Crippen LogP contribution in [0, 0.1) is 17.8 Å². The lowest BCUT2D eigenvalue weighted by molar-refractivity contribution is -0.145. The number of benzene rings is 1. The minimum absolute atomic E-state index is 0.0393. The Morgan fingerprint density at radius 3 is 2.52 bits per heavy atom. The molecule has 4 unspecified atom stereocenters. The van der Waals surface area contributed by atoms with E-state index in [1.165, 1.54) is 31.0 Å². The smallest absolute Gasteiger partial charge is 0.322 e. The number of carbonyl (C=O) groups excluding carboxylic acids is 2. The first kappa shape index (κ1) is 30.6. The maximum absolute atomic E-state index is 13.6. The zero-order valence-electron chi connectivity index (χ0n) is 24.7. The van der Waals surface area contributed by atoms with Crippen LogP contribution in [0.3, 0.4) is 0 Å². The summed E-state index contributed by atoms with van der Waals surface area (Å²) in [7, 11) is 3.20. The standard InChI is InChI=1S/C32H40N2O6S2/c1-18(2)10-25(33)31(36)39-9-5-6-21-15-27(22-13-23(37-3)16-24(14-22)38-4)40-28(21)17-29-30(35)34(32(41)42-29)26-12-19-7-8-20(26)11-19/h13-20,25-26H,5-12,33H2,1-4H3/b29-17-. The van der Waals surface area contributed by atoms with Gasteiger partial charge in [0.15, 0.2) is 0 Å². The molecular formula is C32H40N2O6S2. The average molecular weight is 613 g/mol. The van der Waals surface area contributed by atoms with Crippen molar-refractivity contribution in [2.24, 2.45) is 23.5 Å². The van der Waals surface area contributed by atoms with E-state index in [0.717, 1.165) is 17.5 Å². The average Bonchev–Trinajstić information content (AvgIpc) is 3.75. The number of esters is 1. The number of furan rings is 1. The first-order chi connectivity index (χ1) is 20.2. The number of nitrogens with two attached hydrogens (primary N) is 1. The molecular weight excluding hydrogens is 572 g/mol. The Hall–Kier alpha value is -2.82. The molecule has 1 aromatic heterocycles. The Balaban J connectivity index is 1.37. The number of ether oxygens (including phenoxy) is 3. The van der Waals surface area contributed by atoms with Gasteiger partial charge in [0.25, 0.3) is 5.91 Å². The number of thiocarbonyl (C=S) groups is 1. The van der Waals surface area contributed by atoms with E-state index in [2.05, 4.69) is 0 Å². The van der Waals surface area contributed by atoms with E-state index in [-0.39, 0.29) is 24.5 Å². The van der Waals surface area contributed by atoms with Crippen LogP contribution in [0.4, 0.5) is 0 Å². The molecule has 2 heterocycles. The first-order valence-electron chi connectivity index (χ1n) is 14.7. The van der Waals surface area contributed by atoms with Crippen LogP contribution in [0.1, 0.15) is 63.7 Å². The molecule has 2 aromatic rings. The van der Waals surface area contributed by atoms with Crippen LogP contribution in [0.15, 0.2) is 33.6 Å². The van der Waals surface area contributed by atoms with Gasteiger partial charge in [-0.15, -0.1) is 0 Å². The molecule has 3 fully saturated rings. The third-order valence-electron chi connectivity index (χ3n) is 8.46. The summed E-state index contributed by atoms with van der Waals surface area (Å²) in [4.78, 5) is 28.3. The number of thioether (sulfide) groups is 1. The summed E-state index contributed by atoms with van der Waals surface area (Å²) in [5.74, 6) is 3.62. The van der Waals surface area contributed by atoms with Crippen molar-refractivity contribution in [1.29, 1.82) is 0 Å². The van der Waals surface area contributed by atoms with Crippen molar-refractivity contribution in [2.45, 2.75) is 70.9 Å². The van der Waals surface area contributed by atoms with Gasteiger partial charge in [-0.2, -0.15) is 0 Å². The SMILES string of the molecule is COc1cc(OC)cc(-c2cc(CCCOC(=O)C(N)CC(C)C)c(/C=C3\SC(=S)N(C4CC5CCC4C5)C3=O)o2)c1. The number of aryl methyl sites for hydroxylation is 1. The predicted octanol–water partition coefficient (Wildman–Crippen LogP) is 6.20. The molecule has 2 saturated carbocycles. The molecule has 2 N–H and O–H groups in total. The Morgan fingerprint density at radius 1 is 1.17 bits per heavy atom. The van der Waals surface area contributed by atoms with Crippen molar-refractivity contribution in [3.05, 3.63) is 40.5 Å². The lowest BCUT2D eigenvalue weighted by Crippen LogP contribution is -2.41. The Labute approximate surface area is 257 Å². The summed E-state index contributed by atoms with van der Waals surface area (Å²) < 4.78 is 23.4. The molecule has 226 valence electrons. The number of rotatable bonds is 12. The van der Waals surface area contributed by atoms with E-state index in [9.17, 15) is 9.59 Å². The molecule has 5 rings (SSSR count). The molecule has 1 saturated heterocycles. The number of methoxy groups -OCH3 is 2. The number of hydrogen-bond acceptors (Lipinski definition) is 9. The third kappa shape index (κ3) is 6.71. The van der Waals surface area contributed by atoms with Gasteiger partial charge >= 0.3 is 5.97 Å². The van der Waals surface area contributed by atoms with Crippen LogP contribution in [-0.2, 0) is 20.7 Å². The minimum Gasteiger partial charge on any atom is -0.497 e. The zero-order chi connectivity index (χ0) is 30.0. The highest BCUT2D eigenvalue weighted by Gasteiger charge is 2.48. The van der Waals surface area contributed by atoms with Gasteiger partial charge in [0.1, 0.15) is 33.4 Å². The molecule has 0 radical (unpaired) electrons. The minimum atomic E-state index is -0.624. The maximum atomic E-state index is 13.6. The van der Waals surface area contributed by atoms with Gasteiger partial charge in [0, 0.05) is 23.7 Å². The highest BCUT2D eigenvalue weighted by molar-refractivity contribution is 8.26. The fraction of sp³-hybridized carbons (Fsp3) is 0.531. The van der Waals surface area contributed by atoms with E-state index in [4.69, 9.17) is 36.6 Å². The number of fused-ring (bicyclic) bond motifs is 2. The number of amides is 1. The number of hydrogen-bond donors (Lipinski definition) is 1. The molecule has 1 amide bonds. The van der Waals surface area contributed by atoms with Gasteiger partial charge in [0.2, 0.25) is 0 Å². The quantitative estimate of drug-likeness (QED) is 0.130. The van der Waals surface area contributed by atoms with Crippen LogP contribution < -0.4 is 15.2 Å². The van der Waals surface area contributed by atoms with E-state index < -0.39 is 6.04 Å². The van der Waals surface area contributed by atoms with Crippen molar-refractivity contribution in [2.75, 3.05) is 20.8 Å². The zero-order valence-corrected chi connectivity index (χ0v) is 26.4. The Morgan fingerprint density at radius 2 is 1.90 bits per heavy atom. The lowest BCUT2D eigenvalue weighted by Gasteiger charge is -2.30. The topological polar surface area (TPSA) is 104 Å². The number of carbonyl (C=O) groups is 2. The molecule has 2 aliphatic carbocycles. The largest absolute Gasteiger partial charge is 0.497 e. The predicted molar refractivity (Wildman–Crippen MR) is 168 cm³/mol. The van der Waals surface area contributed by atoms with Crippen molar-refractivity contribution in [1.82, 2.24) is 4.90 Å². The van der Waals surface area contributed by atoms with Gasteiger partial charge in [-0.1, -0.05) is 44.2 Å². The fourth-order valence-corrected chi connectivity index (χ4v) is 7.76.